The number of para-hydroxylation sites is 1. The number of aromatic nitrogens is 1. The highest BCUT2D eigenvalue weighted by atomic mass is 31.2. The first kappa shape index (κ1) is 37.6. The number of hydrogen-bond donors (Lipinski definition) is 4. The SMILES string of the molecule is CC(C)OC(=O)[C@H](C)NP(=O)(COc1ccc2nc(C3CC3)c(/C=C/[C@@H](O)C[C@@H](O)CC(=O)O)c(-c3ccc(F)cc3)c2c1)Oc1ccccc1. The van der Waals surface area contributed by atoms with Gasteiger partial charge in [-0.3, -0.25) is 19.1 Å². The van der Waals surface area contributed by atoms with E-state index in [4.69, 9.17) is 24.1 Å². The van der Waals surface area contributed by atoms with Crippen molar-refractivity contribution in [3.63, 3.8) is 0 Å². The number of nitrogens with one attached hydrogen (secondary N) is 1. The lowest BCUT2D eigenvalue weighted by molar-refractivity contribution is -0.149. The number of aliphatic hydroxyl groups is 2. The number of carbonyl (C=O) groups excluding carboxylic acids is 1. The Balaban J connectivity index is 1.52. The zero-order valence-corrected chi connectivity index (χ0v) is 29.5. The fourth-order valence-electron chi connectivity index (χ4n) is 5.56. The third kappa shape index (κ3) is 10.5. The maximum Gasteiger partial charge on any atom is 0.354 e. The number of aliphatic hydroxyl groups excluding tert-OH is 2. The highest BCUT2D eigenvalue weighted by Gasteiger charge is 2.33. The molecule has 0 radical (unpaired) electrons. The van der Waals surface area contributed by atoms with Gasteiger partial charge in [-0.1, -0.05) is 42.5 Å². The van der Waals surface area contributed by atoms with Gasteiger partial charge >= 0.3 is 19.5 Å². The van der Waals surface area contributed by atoms with Crippen LogP contribution in [0.15, 0.2) is 78.9 Å². The number of esters is 1. The van der Waals surface area contributed by atoms with E-state index in [1.807, 2.05) is 0 Å². The molecule has 4 atom stereocenters. The number of rotatable bonds is 17. The summed E-state index contributed by atoms with van der Waals surface area (Å²) in [5.41, 5.74) is 3.45. The molecule has 1 aliphatic rings. The molecule has 11 nitrogen and oxygen atoms in total. The Bertz CT molecular complexity index is 1920. The molecule has 0 spiro atoms. The normalized spacial score (nSPS) is 16.1. The molecule has 0 bridgehead atoms. The molecule has 51 heavy (non-hydrogen) atoms. The lowest BCUT2D eigenvalue weighted by Gasteiger charge is -2.24. The van der Waals surface area contributed by atoms with Crippen molar-refractivity contribution in [2.24, 2.45) is 0 Å². The summed E-state index contributed by atoms with van der Waals surface area (Å²) in [5.74, 6) is -1.41. The van der Waals surface area contributed by atoms with Gasteiger partial charge in [-0.15, -0.1) is 0 Å². The summed E-state index contributed by atoms with van der Waals surface area (Å²) in [5, 5.41) is 33.2. The summed E-state index contributed by atoms with van der Waals surface area (Å²) in [6.45, 7) is 4.96. The number of halogens is 1. The summed E-state index contributed by atoms with van der Waals surface area (Å²) in [4.78, 5) is 28.6. The molecule has 3 aromatic carbocycles. The van der Waals surface area contributed by atoms with Crippen LogP contribution in [0.5, 0.6) is 11.5 Å². The first-order valence-corrected chi connectivity index (χ1v) is 18.6. The molecule has 270 valence electrons. The van der Waals surface area contributed by atoms with Crippen LogP contribution >= 0.6 is 7.52 Å². The van der Waals surface area contributed by atoms with Crippen molar-refractivity contribution in [1.82, 2.24) is 10.1 Å². The summed E-state index contributed by atoms with van der Waals surface area (Å²) < 4.78 is 45.6. The summed E-state index contributed by atoms with van der Waals surface area (Å²) in [6, 6.07) is 18.7. The largest absolute Gasteiger partial charge is 0.481 e. The standard InChI is InChI=1S/C38H42FN2O9P/c1-23(2)49-38(46)24(3)41-51(47,50-30-7-5-4-6-8-30)22-48-31-16-18-34-33(21-31)36(25-11-13-27(39)14-12-25)32(37(40-34)26-9-10-26)17-15-28(42)19-29(43)20-35(44)45/h4-8,11-18,21,23-24,26,28-29,42-43H,9-10,19-20,22H2,1-3H3,(H,41,47)(H,44,45)/b17-15+/t24-,28+,29+,51?/m0/s1. The second-order valence-electron chi connectivity index (χ2n) is 12.8. The predicted octanol–water partition coefficient (Wildman–Crippen LogP) is 7.06. The average molecular weight is 721 g/mol. The van der Waals surface area contributed by atoms with E-state index in [1.54, 1.807) is 80.6 Å². The van der Waals surface area contributed by atoms with E-state index in [-0.39, 0.29) is 18.4 Å². The Labute approximate surface area is 295 Å². The monoisotopic (exact) mass is 720 g/mol. The van der Waals surface area contributed by atoms with Crippen molar-refractivity contribution in [2.45, 2.75) is 76.7 Å². The number of benzene rings is 3. The Hall–Kier alpha value is -4.61. The zero-order chi connectivity index (χ0) is 36.7. The molecule has 1 unspecified atom stereocenters. The van der Waals surface area contributed by atoms with Crippen molar-refractivity contribution >= 4 is 36.4 Å². The molecule has 0 amide bonds. The Morgan fingerprint density at radius 1 is 1.02 bits per heavy atom. The van der Waals surface area contributed by atoms with E-state index in [0.717, 1.165) is 18.5 Å². The Morgan fingerprint density at radius 3 is 2.37 bits per heavy atom. The lowest BCUT2D eigenvalue weighted by Crippen LogP contribution is -2.36. The number of ether oxygens (including phenoxy) is 2. The number of nitrogens with zero attached hydrogens (tertiary/aromatic N) is 1. The van der Waals surface area contributed by atoms with E-state index in [2.05, 4.69) is 5.09 Å². The van der Waals surface area contributed by atoms with Crippen molar-refractivity contribution < 1.29 is 47.9 Å². The fraction of sp³-hybridized carbons (Fsp3) is 0.342. The van der Waals surface area contributed by atoms with Crippen LogP contribution in [0.2, 0.25) is 0 Å². The van der Waals surface area contributed by atoms with Crippen LogP contribution < -0.4 is 14.3 Å². The first-order valence-electron chi connectivity index (χ1n) is 16.7. The summed E-state index contributed by atoms with van der Waals surface area (Å²) in [7, 11) is -3.89. The molecule has 1 fully saturated rings. The Kier molecular flexibility index (Phi) is 12.3. The topological polar surface area (TPSA) is 165 Å². The van der Waals surface area contributed by atoms with Gasteiger partial charge in [0, 0.05) is 28.9 Å². The molecule has 13 heteroatoms. The highest BCUT2D eigenvalue weighted by Crippen LogP contribution is 2.47. The van der Waals surface area contributed by atoms with Crippen molar-refractivity contribution in [2.75, 3.05) is 6.35 Å². The summed E-state index contributed by atoms with van der Waals surface area (Å²) >= 11 is 0. The molecule has 0 saturated heterocycles. The van der Waals surface area contributed by atoms with Gasteiger partial charge < -0.3 is 29.3 Å². The third-order valence-corrected chi connectivity index (χ3v) is 9.78. The molecule has 1 aromatic heterocycles. The second kappa shape index (κ2) is 16.6. The molecule has 5 rings (SSSR count). The molecule has 1 heterocycles. The van der Waals surface area contributed by atoms with Crippen LogP contribution in [0, 0.1) is 5.82 Å². The van der Waals surface area contributed by atoms with Gasteiger partial charge in [-0.2, -0.15) is 0 Å². The molecule has 4 N–H and O–H groups in total. The third-order valence-electron chi connectivity index (χ3n) is 8.02. The fourth-order valence-corrected chi connectivity index (χ4v) is 7.22. The minimum atomic E-state index is -3.89. The van der Waals surface area contributed by atoms with Gasteiger partial charge in [0.2, 0.25) is 0 Å². The molecule has 4 aromatic rings. The maximum atomic E-state index is 14.2. The predicted molar refractivity (Wildman–Crippen MR) is 191 cm³/mol. The van der Waals surface area contributed by atoms with Gasteiger partial charge in [0.15, 0.2) is 6.35 Å². The maximum absolute atomic E-state index is 14.2. The molecule has 1 saturated carbocycles. The van der Waals surface area contributed by atoms with E-state index >= 15 is 0 Å². The number of fused-ring (bicyclic) bond motifs is 1. The van der Waals surface area contributed by atoms with Gasteiger partial charge in [0.25, 0.3) is 0 Å². The van der Waals surface area contributed by atoms with E-state index < -0.39 is 56.3 Å². The molecular formula is C38H42FN2O9P. The second-order valence-corrected chi connectivity index (χ2v) is 14.9. The van der Waals surface area contributed by atoms with Gasteiger partial charge in [0.05, 0.1) is 35.9 Å². The first-order chi connectivity index (χ1) is 24.3. The molecule has 0 aliphatic heterocycles. The van der Waals surface area contributed by atoms with E-state index in [0.29, 0.717) is 39.1 Å². The van der Waals surface area contributed by atoms with Gasteiger partial charge in [0.1, 0.15) is 23.4 Å². The van der Waals surface area contributed by atoms with Crippen molar-refractivity contribution in [3.8, 4) is 22.6 Å². The van der Waals surface area contributed by atoms with Crippen LogP contribution in [0.25, 0.3) is 28.1 Å². The van der Waals surface area contributed by atoms with Gasteiger partial charge in [-0.25, -0.2) is 9.48 Å². The molecule has 1 aliphatic carbocycles. The van der Waals surface area contributed by atoms with Crippen LogP contribution in [-0.4, -0.2) is 62.9 Å². The lowest BCUT2D eigenvalue weighted by atomic mass is 9.92. The van der Waals surface area contributed by atoms with Crippen molar-refractivity contribution in [1.29, 1.82) is 0 Å². The Morgan fingerprint density at radius 2 is 1.73 bits per heavy atom. The number of aliphatic carboxylic acids is 1. The summed E-state index contributed by atoms with van der Waals surface area (Å²) in [6.07, 6.45) is 1.12. The number of carboxylic acids is 1. The number of hydrogen-bond acceptors (Lipinski definition) is 9. The van der Waals surface area contributed by atoms with Crippen LogP contribution in [-0.2, 0) is 18.9 Å². The number of carboxylic acid groups (broad SMARTS) is 1. The van der Waals surface area contributed by atoms with Gasteiger partial charge in [-0.05, 0) is 81.6 Å². The van der Waals surface area contributed by atoms with Crippen LogP contribution in [0.4, 0.5) is 4.39 Å². The average Bonchev–Trinajstić information content (AvgIpc) is 3.92. The smallest absolute Gasteiger partial charge is 0.354 e. The van der Waals surface area contributed by atoms with Crippen molar-refractivity contribution in [3.05, 3.63) is 95.9 Å². The van der Waals surface area contributed by atoms with E-state index in [9.17, 15) is 28.8 Å². The number of pyridine rings is 1. The molecular weight excluding hydrogens is 678 g/mol. The minimum Gasteiger partial charge on any atom is -0.481 e. The van der Waals surface area contributed by atoms with Crippen LogP contribution in [0.3, 0.4) is 0 Å². The highest BCUT2D eigenvalue weighted by molar-refractivity contribution is 7.57. The number of carbonyl (C=O) groups is 2. The van der Waals surface area contributed by atoms with Crippen LogP contribution in [0.1, 0.15) is 63.6 Å². The zero-order valence-electron chi connectivity index (χ0n) is 28.6. The quantitative estimate of drug-likeness (QED) is 0.0652. The minimum absolute atomic E-state index is 0.162. The van der Waals surface area contributed by atoms with E-state index in [1.165, 1.54) is 25.1 Å².